The van der Waals surface area contributed by atoms with Crippen LogP contribution in [0, 0.1) is 5.92 Å². The zero-order valence-corrected chi connectivity index (χ0v) is 5.88. The molecule has 0 aromatic carbocycles. The third kappa shape index (κ3) is 0.878. The molecule has 1 aliphatic carbocycles. The number of rotatable bonds is 0. The summed E-state index contributed by atoms with van der Waals surface area (Å²) in [4.78, 5) is 0. The van der Waals surface area contributed by atoms with Crippen molar-refractivity contribution >= 4 is 0 Å². The van der Waals surface area contributed by atoms with E-state index in [-0.39, 0.29) is 0 Å². The molecule has 0 spiro atoms. The molecule has 1 heteroatoms. The van der Waals surface area contributed by atoms with Crippen molar-refractivity contribution in [1.29, 1.82) is 0 Å². The molecule has 0 saturated carbocycles. The molecule has 2 rings (SSSR count). The van der Waals surface area contributed by atoms with Gasteiger partial charge in [0.2, 0.25) is 0 Å². The van der Waals surface area contributed by atoms with Crippen molar-refractivity contribution in [2.24, 2.45) is 5.92 Å². The van der Waals surface area contributed by atoms with Crippen molar-refractivity contribution in [1.82, 2.24) is 5.32 Å². The van der Waals surface area contributed by atoms with Gasteiger partial charge in [-0.25, -0.2) is 0 Å². The predicted octanol–water partition coefficient (Wildman–Crippen LogP) is 1.61. The molecule has 0 aromatic heterocycles. The van der Waals surface area contributed by atoms with Crippen LogP contribution in [-0.4, -0.2) is 6.54 Å². The minimum Gasteiger partial charge on any atom is -0.390 e. The molecule has 1 unspecified atom stereocenters. The van der Waals surface area contributed by atoms with Crippen LogP contribution in [0.3, 0.4) is 0 Å². The van der Waals surface area contributed by atoms with E-state index in [1.54, 1.807) is 0 Å². The Morgan fingerprint density at radius 2 is 2.50 bits per heavy atom. The minimum atomic E-state index is 0.638. The first-order valence-corrected chi connectivity index (χ1v) is 3.73. The van der Waals surface area contributed by atoms with Crippen molar-refractivity contribution < 1.29 is 0 Å². The molecule has 52 valence electrons. The third-order valence-electron chi connectivity index (χ3n) is 2.02. The lowest BCUT2D eigenvalue weighted by molar-refractivity contribution is 0.674. The molecule has 0 radical (unpaired) electrons. The van der Waals surface area contributed by atoms with E-state index in [4.69, 9.17) is 0 Å². The summed E-state index contributed by atoms with van der Waals surface area (Å²) in [6, 6.07) is 0. The maximum absolute atomic E-state index is 3.21. The van der Waals surface area contributed by atoms with E-state index in [0.717, 1.165) is 13.0 Å². The smallest absolute Gasteiger partial charge is 0.0245 e. The summed E-state index contributed by atoms with van der Waals surface area (Å²) >= 11 is 0. The number of fused-ring (bicyclic) bond motifs is 1. The quantitative estimate of drug-likeness (QED) is 0.495. The van der Waals surface area contributed by atoms with E-state index in [1.807, 2.05) is 6.20 Å². The molecule has 10 heavy (non-hydrogen) atoms. The molecule has 1 N–H and O–H groups in total. The molecule has 0 amide bonds. The van der Waals surface area contributed by atoms with Gasteiger partial charge in [0.05, 0.1) is 0 Å². The lowest BCUT2D eigenvalue weighted by atomic mass is 9.92. The maximum Gasteiger partial charge on any atom is 0.0245 e. The summed E-state index contributed by atoms with van der Waals surface area (Å²) in [5.41, 5.74) is 1.47. The van der Waals surface area contributed by atoms with Crippen LogP contribution in [0.15, 0.2) is 36.1 Å². The van der Waals surface area contributed by atoms with E-state index in [2.05, 4.69) is 29.6 Å². The number of hydrogen-bond donors (Lipinski definition) is 1. The van der Waals surface area contributed by atoms with Crippen molar-refractivity contribution in [3.63, 3.8) is 0 Å². The van der Waals surface area contributed by atoms with E-state index in [1.165, 1.54) is 5.57 Å². The van der Waals surface area contributed by atoms with Crippen LogP contribution in [0.5, 0.6) is 0 Å². The van der Waals surface area contributed by atoms with Crippen molar-refractivity contribution in [2.75, 3.05) is 6.54 Å². The molecule has 0 aromatic rings. The molecule has 1 atom stereocenters. The SMILES string of the molecule is C1=CC2CNC=CC2=CC1. The fraction of sp³-hybridized carbons (Fsp3) is 0.333. The van der Waals surface area contributed by atoms with Crippen LogP contribution in [0.1, 0.15) is 6.42 Å². The Labute approximate surface area is 61.1 Å². The maximum atomic E-state index is 3.21. The molecule has 0 saturated heterocycles. The van der Waals surface area contributed by atoms with Gasteiger partial charge in [-0.05, 0) is 24.3 Å². The van der Waals surface area contributed by atoms with Crippen LogP contribution in [0.4, 0.5) is 0 Å². The van der Waals surface area contributed by atoms with Crippen LogP contribution >= 0.6 is 0 Å². The van der Waals surface area contributed by atoms with E-state index >= 15 is 0 Å². The summed E-state index contributed by atoms with van der Waals surface area (Å²) in [5, 5.41) is 3.21. The first kappa shape index (κ1) is 5.78. The highest BCUT2D eigenvalue weighted by Gasteiger charge is 2.12. The molecular weight excluding hydrogens is 122 g/mol. The first-order valence-electron chi connectivity index (χ1n) is 3.73. The molecular formula is C9H11N. The third-order valence-corrected chi connectivity index (χ3v) is 2.02. The van der Waals surface area contributed by atoms with E-state index in [0.29, 0.717) is 5.92 Å². The largest absolute Gasteiger partial charge is 0.390 e. The Bertz CT molecular complexity index is 211. The normalized spacial score (nSPS) is 28.8. The van der Waals surface area contributed by atoms with Gasteiger partial charge >= 0.3 is 0 Å². The molecule has 2 aliphatic rings. The Balaban J connectivity index is 2.26. The number of allylic oxidation sites excluding steroid dienone is 3. The molecule has 0 bridgehead atoms. The van der Waals surface area contributed by atoms with E-state index < -0.39 is 0 Å². The predicted molar refractivity (Wildman–Crippen MR) is 42.5 cm³/mol. The van der Waals surface area contributed by atoms with Gasteiger partial charge in [0, 0.05) is 12.5 Å². The summed E-state index contributed by atoms with van der Waals surface area (Å²) in [5.74, 6) is 0.638. The Hall–Kier alpha value is -0.980. The summed E-state index contributed by atoms with van der Waals surface area (Å²) in [6.45, 7) is 1.07. The van der Waals surface area contributed by atoms with Crippen molar-refractivity contribution in [3.8, 4) is 0 Å². The zero-order valence-electron chi connectivity index (χ0n) is 5.88. The Kier molecular flexibility index (Phi) is 1.35. The second-order valence-electron chi connectivity index (χ2n) is 2.72. The van der Waals surface area contributed by atoms with Crippen LogP contribution < -0.4 is 5.32 Å². The molecule has 1 heterocycles. The minimum absolute atomic E-state index is 0.638. The number of nitrogens with one attached hydrogen (secondary N) is 1. The van der Waals surface area contributed by atoms with Gasteiger partial charge in [0.25, 0.3) is 0 Å². The van der Waals surface area contributed by atoms with Gasteiger partial charge in [0.15, 0.2) is 0 Å². The lowest BCUT2D eigenvalue weighted by Crippen LogP contribution is -2.22. The second-order valence-corrected chi connectivity index (χ2v) is 2.72. The second kappa shape index (κ2) is 2.33. The molecule has 1 aliphatic heterocycles. The fourth-order valence-electron chi connectivity index (χ4n) is 1.44. The summed E-state index contributed by atoms with van der Waals surface area (Å²) in [6.07, 6.45) is 12.1. The lowest BCUT2D eigenvalue weighted by Gasteiger charge is -2.21. The summed E-state index contributed by atoms with van der Waals surface area (Å²) in [7, 11) is 0. The van der Waals surface area contributed by atoms with Crippen LogP contribution in [-0.2, 0) is 0 Å². The van der Waals surface area contributed by atoms with Crippen LogP contribution in [0.2, 0.25) is 0 Å². The van der Waals surface area contributed by atoms with Crippen molar-refractivity contribution in [2.45, 2.75) is 6.42 Å². The fourth-order valence-corrected chi connectivity index (χ4v) is 1.44. The Morgan fingerprint density at radius 1 is 1.50 bits per heavy atom. The zero-order chi connectivity index (χ0) is 6.81. The molecule has 1 nitrogen and oxygen atoms in total. The van der Waals surface area contributed by atoms with Gasteiger partial charge in [-0.2, -0.15) is 0 Å². The highest BCUT2D eigenvalue weighted by atomic mass is 14.8. The topological polar surface area (TPSA) is 12.0 Å². The van der Waals surface area contributed by atoms with E-state index in [9.17, 15) is 0 Å². The highest BCUT2D eigenvalue weighted by molar-refractivity contribution is 5.31. The van der Waals surface area contributed by atoms with Gasteiger partial charge in [-0.1, -0.05) is 18.2 Å². The first-order chi connectivity index (χ1) is 4.97. The molecule has 0 fully saturated rings. The number of hydrogen-bond acceptors (Lipinski definition) is 1. The average Bonchev–Trinajstić information content (AvgIpc) is 2.05. The van der Waals surface area contributed by atoms with Crippen LogP contribution in [0.25, 0.3) is 0 Å². The monoisotopic (exact) mass is 133 g/mol. The van der Waals surface area contributed by atoms with Gasteiger partial charge < -0.3 is 5.32 Å². The van der Waals surface area contributed by atoms with Crippen molar-refractivity contribution in [3.05, 3.63) is 36.1 Å². The van der Waals surface area contributed by atoms with Gasteiger partial charge in [-0.3, -0.25) is 0 Å². The van der Waals surface area contributed by atoms with Gasteiger partial charge in [-0.15, -0.1) is 0 Å². The summed E-state index contributed by atoms with van der Waals surface area (Å²) < 4.78 is 0. The van der Waals surface area contributed by atoms with Gasteiger partial charge in [0.1, 0.15) is 0 Å². The standard InChI is InChI=1S/C9H11N/c1-2-4-9-7-10-6-5-8(9)3-1/h2-6,9-10H,1,7H2. The Morgan fingerprint density at radius 3 is 3.40 bits per heavy atom. The average molecular weight is 133 g/mol. The highest BCUT2D eigenvalue weighted by Crippen LogP contribution is 2.21.